The summed E-state index contributed by atoms with van der Waals surface area (Å²) < 4.78 is 11.4. The molecule has 0 spiro atoms. The second-order valence-electron chi connectivity index (χ2n) is 6.59. The van der Waals surface area contributed by atoms with Crippen LogP contribution in [0.2, 0.25) is 0 Å². The van der Waals surface area contributed by atoms with Crippen LogP contribution >= 0.6 is 0 Å². The summed E-state index contributed by atoms with van der Waals surface area (Å²) in [6.07, 6.45) is 0. The van der Waals surface area contributed by atoms with Gasteiger partial charge < -0.3 is 9.47 Å². The third kappa shape index (κ3) is 4.24. The van der Waals surface area contributed by atoms with Crippen molar-refractivity contribution >= 4 is 0 Å². The van der Waals surface area contributed by atoms with Gasteiger partial charge in [-0.3, -0.25) is 4.90 Å². The minimum atomic E-state index is 0.619. The molecule has 3 nitrogen and oxygen atoms in total. The molecule has 26 heavy (non-hydrogen) atoms. The van der Waals surface area contributed by atoms with Gasteiger partial charge in [0.1, 0.15) is 13.2 Å². The predicted octanol–water partition coefficient (Wildman–Crippen LogP) is 4.66. The SMILES string of the molecule is c1ccc(CN(Cc2ccccc2)Cc2ccc3c(c2)OCCO3)cc1. The molecule has 3 heteroatoms. The molecule has 1 aliphatic rings. The van der Waals surface area contributed by atoms with Crippen LogP contribution in [0.25, 0.3) is 0 Å². The Kier molecular flexibility index (Phi) is 5.17. The van der Waals surface area contributed by atoms with Gasteiger partial charge >= 0.3 is 0 Å². The van der Waals surface area contributed by atoms with Crippen molar-refractivity contribution in [1.29, 1.82) is 0 Å². The molecule has 1 heterocycles. The Balaban J connectivity index is 1.54. The van der Waals surface area contributed by atoms with Gasteiger partial charge in [0.15, 0.2) is 11.5 Å². The lowest BCUT2D eigenvalue weighted by Crippen LogP contribution is -2.22. The monoisotopic (exact) mass is 345 g/mol. The average molecular weight is 345 g/mol. The number of ether oxygens (including phenoxy) is 2. The molecule has 1 aliphatic heterocycles. The first-order valence-corrected chi connectivity index (χ1v) is 9.05. The molecule has 0 radical (unpaired) electrons. The van der Waals surface area contributed by atoms with Gasteiger partial charge in [-0.1, -0.05) is 66.7 Å². The molecule has 0 unspecified atom stereocenters. The summed E-state index contributed by atoms with van der Waals surface area (Å²) >= 11 is 0. The van der Waals surface area contributed by atoms with Gasteiger partial charge in [-0.2, -0.15) is 0 Å². The Morgan fingerprint density at radius 1 is 0.577 bits per heavy atom. The Labute approximate surface area is 154 Å². The fraction of sp³-hybridized carbons (Fsp3) is 0.217. The molecule has 0 N–H and O–H groups in total. The highest BCUT2D eigenvalue weighted by molar-refractivity contribution is 5.43. The number of hydrogen-bond donors (Lipinski definition) is 0. The Bertz CT molecular complexity index is 792. The molecule has 0 fully saturated rings. The Hall–Kier alpha value is -2.78. The number of benzene rings is 3. The first-order chi connectivity index (χ1) is 12.9. The number of rotatable bonds is 6. The summed E-state index contributed by atoms with van der Waals surface area (Å²) in [6.45, 7) is 3.92. The van der Waals surface area contributed by atoms with E-state index in [2.05, 4.69) is 77.7 Å². The van der Waals surface area contributed by atoms with Gasteiger partial charge in [0.05, 0.1) is 0 Å². The molecule has 3 aromatic carbocycles. The third-order valence-electron chi connectivity index (χ3n) is 4.51. The molecule has 0 amide bonds. The second kappa shape index (κ2) is 8.07. The van der Waals surface area contributed by atoms with Gasteiger partial charge in [-0.05, 0) is 28.8 Å². The number of hydrogen-bond acceptors (Lipinski definition) is 3. The van der Waals surface area contributed by atoms with Gasteiger partial charge in [0.2, 0.25) is 0 Å². The van der Waals surface area contributed by atoms with E-state index < -0.39 is 0 Å². The van der Waals surface area contributed by atoms with E-state index in [-0.39, 0.29) is 0 Å². The summed E-state index contributed by atoms with van der Waals surface area (Å²) in [6, 6.07) is 27.5. The van der Waals surface area contributed by atoms with Crippen LogP contribution in [0.15, 0.2) is 78.9 Å². The van der Waals surface area contributed by atoms with Gasteiger partial charge in [0, 0.05) is 19.6 Å². The zero-order chi connectivity index (χ0) is 17.6. The van der Waals surface area contributed by atoms with Crippen molar-refractivity contribution in [2.45, 2.75) is 19.6 Å². The van der Waals surface area contributed by atoms with E-state index >= 15 is 0 Å². The summed E-state index contributed by atoms with van der Waals surface area (Å²) in [5.41, 5.74) is 3.88. The molecular weight excluding hydrogens is 322 g/mol. The fourth-order valence-electron chi connectivity index (χ4n) is 3.30. The van der Waals surface area contributed by atoms with E-state index in [1.165, 1.54) is 16.7 Å². The molecule has 0 aliphatic carbocycles. The van der Waals surface area contributed by atoms with Crippen molar-refractivity contribution in [1.82, 2.24) is 4.90 Å². The third-order valence-corrected chi connectivity index (χ3v) is 4.51. The topological polar surface area (TPSA) is 21.7 Å². The maximum atomic E-state index is 5.74. The van der Waals surface area contributed by atoms with Crippen LogP contribution in [-0.4, -0.2) is 18.1 Å². The molecule has 0 saturated carbocycles. The Morgan fingerprint density at radius 3 is 1.73 bits per heavy atom. The zero-order valence-corrected chi connectivity index (χ0v) is 14.8. The van der Waals surface area contributed by atoms with E-state index in [0.29, 0.717) is 13.2 Å². The van der Waals surface area contributed by atoms with Gasteiger partial charge in [-0.25, -0.2) is 0 Å². The van der Waals surface area contributed by atoms with E-state index in [1.54, 1.807) is 0 Å². The van der Waals surface area contributed by atoms with Crippen molar-refractivity contribution in [2.24, 2.45) is 0 Å². The molecule has 3 aromatic rings. The van der Waals surface area contributed by atoms with Gasteiger partial charge in [0.25, 0.3) is 0 Å². The highest BCUT2D eigenvalue weighted by Crippen LogP contribution is 2.31. The lowest BCUT2D eigenvalue weighted by molar-refractivity contribution is 0.171. The molecule has 4 rings (SSSR count). The number of fused-ring (bicyclic) bond motifs is 1. The standard InChI is InChI=1S/C23H23NO2/c1-3-7-19(8-4-1)16-24(17-20-9-5-2-6-10-20)18-21-11-12-22-23(15-21)26-14-13-25-22/h1-12,15H,13-14,16-18H2. The second-order valence-corrected chi connectivity index (χ2v) is 6.59. The minimum absolute atomic E-state index is 0.619. The zero-order valence-electron chi connectivity index (χ0n) is 14.8. The van der Waals surface area contributed by atoms with E-state index in [1.807, 2.05) is 6.07 Å². The maximum absolute atomic E-state index is 5.74. The van der Waals surface area contributed by atoms with Crippen LogP contribution in [0.4, 0.5) is 0 Å². The first-order valence-electron chi connectivity index (χ1n) is 9.05. The van der Waals surface area contributed by atoms with Crippen molar-refractivity contribution in [3.8, 4) is 11.5 Å². The van der Waals surface area contributed by atoms with Gasteiger partial charge in [-0.15, -0.1) is 0 Å². The first kappa shape index (κ1) is 16.7. The predicted molar refractivity (Wildman–Crippen MR) is 103 cm³/mol. The largest absolute Gasteiger partial charge is 0.486 e. The summed E-state index contributed by atoms with van der Waals surface area (Å²) in [5.74, 6) is 1.70. The lowest BCUT2D eigenvalue weighted by Gasteiger charge is -2.24. The van der Waals surface area contributed by atoms with Crippen molar-refractivity contribution in [2.75, 3.05) is 13.2 Å². The van der Waals surface area contributed by atoms with Crippen LogP contribution < -0.4 is 9.47 Å². The molecule has 0 bridgehead atoms. The summed E-state index contributed by atoms with van der Waals surface area (Å²) in [7, 11) is 0. The summed E-state index contributed by atoms with van der Waals surface area (Å²) in [4.78, 5) is 2.45. The highest BCUT2D eigenvalue weighted by atomic mass is 16.6. The van der Waals surface area contributed by atoms with Crippen LogP contribution in [0.3, 0.4) is 0 Å². The van der Waals surface area contributed by atoms with Crippen molar-refractivity contribution in [3.63, 3.8) is 0 Å². The minimum Gasteiger partial charge on any atom is -0.486 e. The number of nitrogens with zero attached hydrogens (tertiary/aromatic N) is 1. The maximum Gasteiger partial charge on any atom is 0.161 e. The van der Waals surface area contributed by atoms with Crippen LogP contribution in [0.5, 0.6) is 11.5 Å². The highest BCUT2D eigenvalue weighted by Gasteiger charge is 2.14. The molecule has 0 atom stereocenters. The quantitative estimate of drug-likeness (QED) is 0.648. The van der Waals surface area contributed by atoms with Crippen LogP contribution in [0, 0.1) is 0 Å². The lowest BCUT2D eigenvalue weighted by atomic mass is 10.1. The average Bonchev–Trinajstić information content (AvgIpc) is 2.69. The Morgan fingerprint density at radius 2 is 1.12 bits per heavy atom. The van der Waals surface area contributed by atoms with Crippen LogP contribution in [0.1, 0.15) is 16.7 Å². The summed E-state index contributed by atoms with van der Waals surface area (Å²) in [5, 5.41) is 0. The van der Waals surface area contributed by atoms with E-state index in [9.17, 15) is 0 Å². The fourth-order valence-corrected chi connectivity index (χ4v) is 3.30. The molecule has 0 aromatic heterocycles. The van der Waals surface area contributed by atoms with Crippen molar-refractivity contribution in [3.05, 3.63) is 95.6 Å². The smallest absolute Gasteiger partial charge is 0.161 e. The van der Waals surface area contributed by atoms with E-state index in [0.717, 1.165) is 31.1 Å². The molecular formula is C23H23NO2. The van der Waals surface area contributed by atoms with E-state index in [4.69, 9.17) is 9.47 Å². The molecule has 0 saturated heterocycles. The molecule has 132 valence electrons. The normalized spacial score (nSPS) is 13.0. The van der Waals surface area contributed by atoms with Crippen molar-refractivity contribution < 1.29 is 9.47 Å². The van der Waals surface area contributed by atoms with Crippen LogP contribution in [-0.2, 0) is 19.6 Å².